The van der Waals surface area contributed by atoms with Crippen molar-refractivity contribution in [1.82, 2.24) is 19.1 Å². The van der Waals surface area contributed by atoms with Gasteiger partial charge in [-0.15, -0.1) is 0 Å². The minimum atomic E-state index is -1.66. The number of nitrogens with zero attached hydrogens (tertiary/aromatic N) is 6. The van der Waals surface area contributed by atoms with E-state index in [1.807, 2.05) is 96.4 Å². The second-order valence-electron chi connectivity index (χ2n) is 13.4. The molecule has 1 aliphatic heterocycles. The van der Waals surface area contributed by atoms with Gasteiger partial charge in [0.25, 0.3) is 11.7 Å². The first-order valence-electron chi connectivity index (χ1n) is 17.8. The third-order valence-electron chi connectivity index (χ3n) is 10.0. The third kappa shape index (κ3) is 7.47. The Balaban J connectivity index is 1.18. The van der Waals surface area contributed by atoms with Crippen LogP contribution in [0.1, 0.15) is 33.7 Å². The standard InChI is InChI=1S/C42H40FN7O5/c1-26-21-32(28-11-7-5-8-12-28)36(47(26)3)38(51)40(53)46-31-15-16-34(49-17-19-50(20-18-49)42-44-24-30(43)25-45-42)35(23-31)55-41(54)39(52)37-33(22-27(2)48(37)4)29-13-9-6-10-14-29/h5-16,21-25,39,52H,17-20H2,1-4H3,(H,46,53). The molecule has 2 N–H and O–H groups in total. The molecule has 12 nitrogen and oxygen atoms in total. The largest absolute Gasteiger partial charge is 0.422 e. The van der Waals surface area contributed by atoms with Crippen LogP contribution < -0.4 is 19.9 Å². The number of ether oxygens (including phenoxy) is 1. The van der Waals surface area contributed by atoms with Gasteiger partial charge >= 0.3 is 5.97 Å². The molecule has 1 aliphatic rings. The average Bonchev–Trinajstić information content (AvgIpc) is 3.68. The molecule has 0 spiro atoms. The van der Waals surface area contributed by atoms with Gasteiger partial charge in [-0.25, -0.2) is 19.2 Å². The molecule has 1 unspecified atom stereocenters. The van der Waals surface area contributed by atoms with Gasteiger partial charge in [-0.05, 0) is 49.2 Å². The number of carbonyl (C=O) groups is 3. The van der Waals surface area contributed by atoms with Gasteiger partial charge in [0.05, 0.1) is 23.8 Å². The second kappa shape index (κ2) is 15.4. The lowest BCUT2D eigenvalue weighted by Crippen LogP contribution is -2.47. The quantitative estimate of drug-likeness (QED) is 0.0747. The molecule has 55 heavy (non-hydrogen) atoms. The average molecular weight is 742 g/mol. The molecule has 6 aromatic rings. The van der Waals surface area contributed by atoms with Crippen molar-refractivity contribution in [3.8, 4) is 28.0 Å². The second-order valence-corrected chi connectivity index (χ2v) is 13.4. The van der Waals surface area contributed by atoms with Crippen LogP contribution in [0.2, 0.25) is 0 Å². The summed E-state index contributed by atoms with van der Waals surface area (Å²) in [5.74, 6) is -2.59. The van der Waals surface area contributed by atoms with Crippen LogP contribution in [0.3, 0.4) is 0 Å². The minimum absolute atomic E-state index is 0.0765. The number of amides is 1. The molecule has 1 atom stereocenters. The normalized spacial score (nSPS) is 13.4. The van der Waals surface area contributed by atoms with E-state index >= 15 is 0 Å². The summed E-state index contributed by atoms with van der Waals surface area (Å²) in [6.45, 7) is 5.64. The first-order chi connectivity index (χ1) is 26.5. The van der Waals surface area contributed by atoms with Crippen LogP contribution in [-0.4, -0.2) is 68.0 Å². The van der Waals surface area contributed by atoms with Crippen molar-refractivity contribution < 1.29 is 28.6 Å². The Labute approximate surface area is 317 Å². The van der Waals surface area contributed by atoms with Gasteiger partial charge < -0.3 is 34.1 Å². The summed E-state index contributed by atoms with van der Waals surface area (Å²) < 4.78 is 22.9. The van der Waals surface area contributed by atoms with Crippen LogP contribution in [0.4, 0.5) is 21.7 Å². The number of Topliss-reactive ketones (excluding diaryl/α,β-unsaturated/α-hetero) is 1. The molecule has 0 aliphatic carbocycles. The molecule has 4 heterocycles. The molecule has 280 valence electrons. The minimum Gasteiger partial charge on any atom is -0.422 e. The molecular formula is C42H40FN7O5. The van der Waals surface area contributed by atoms with Crippen LogP contribution in [0.15, 0.2) is 103 Å². The van der Waals surface area contributed by atoms with Gasteiger partial charge in [0.15, 0.2) is 17.7 Å². The molecule has 7 rings (SSSR count). The highest BCUT2D eigenvalue weighted by Gasteiger charge is 2.30. The number of aliphatic hydroxyl groups excluding tert-OH is 1. The molecule has 0 radical (unpaired) electrons. The van der Waals surface area contributed by atoms with Crippen LogP contribution >= 0.6 is 0 Å². The smallest absolute Gasteiger partial charge is 0.346 e. The van der Waals surface area contributed by atoms with E-state index in [0.717, 1.165) is 34.9 Å². The van der Waals surface area contributed by atoms with Crippen LogP contribution in [0.5, 0.6) is 5.75 Å². The Morgan fingerprint density at radius 2 is 1.33 bits per heavy atom. The van der Waals surface area contributed by atoms with E-state index in [1.54, 1.807) is 35.4 Å². The fourth-order valence-corrected chi connectivity index (χ4v) is 6.90. The van der Waals surface area contributed by atoms with Gasteiger partial charge in [0.1, 0.15) is 5.69 Å². The maximum Gasteiger partial charge on any atom is 0.346 e. The third-order valence-corrected chi connectivity index (χ3v) is 10.0. The maximum absolute atomic E-state index is 13.9. The first-order valence-corrected chi connectivity index (χ1v) is 17.8. The number of aromatic nitrogens is 4. The topological polar surface area (TPSA) is 135 Å². The summed E-state index contributed by atoms with van der Waals surface area (Å²) >= 11 is 0. The van der Waals surface area contributed by atoms with Crippen LogP contribution in [0, 0.1) is 19.7 Å². The number of ketones is 1. The fourth-order valence-electron chi connectivity index (χ4n) is 6.90. The molecular weight excluding hydrogens is 702 g/mol. The summed E-state index contributed by atoms with van der Waals surface area (Å²) in [6.07, 6.45) is 0.577. The van der Waals surface area contributed by atoms with E-state index in [9.17, 15) is 23.9 Å². The molecule has 3 aromatic carbocycles. The molecule has 1 saturated heterocycles. The molecule has 3 aromatic heterocycles. The summed E-state index contributed by atoms with van der Waals surface area (Å²) in [6, 6.07) is 27.4. The van der Waals surface area contributed by atoms with E-state index in [2.05, 4.69) is 15.3 Å². The van der Waals surface area contributed by atoms with Crippen molar-refractivity contribution >= 4 is 35.0 Å². The number of hydrogen-bond acceptors (Lipinski definition) is 9. The highest BCUT2D eigenvalue weighted by Crippen LogP contribution is 2.36. The Kier molecular flexibility index (Phi) is 10.3. The number of piperazine rings is 1. The molecule has 1 amide bonds. The van der Waals surface area contributed by atoms with Gasteiger partial charge in [-0.3, -0.25) is 9.59 Å². The maximum atomic E-state index is 13.9. The fraction of sp³-hybridized carbons (Fsp3) is 0.214. The molecule has 0 bridgehead atoms. The number of aryl methyl sites for hydroxylation is 2. The zero-order valence-electron chi connectivity index (χ0n) is 30.9. The zero-order valence-corrected chi connectivity index (χ0v) is 30.9. The number of hydrogen-bond donors (Lipinski definition) is 2. The number of anilines is 3. The Bertz CT molecular complexity index is 2370. The number of nitrogens with one attached hydrogen (secondary N) is 1. The SMILES string of the molecule is Cc1cc(-c2ccccc2)c(C(=O)C(=O)Nc2ccc(N3CCN(c4ncc(F)cn4)CC3)c(OC(=O)C(O)c3c(-c4ccccc4)cc(C)n3C)c2)n1C. The van der Waals surface area contributed by atoms with E-state index in [4.69, 9.17) is 4.74 Å². The highest BCUT2D eigenvalue weighted by atomic mass is 19.1. The van der Waals surface area contributed by atoms with Gasteiger partial charge in [-0.2, -0.15) is 0 Å². The monoisotopic (exact) mass is 741 g/mol. The highest BCUT2D eigenvalue weighted by molar-refractivity contribution is 6.47. The molecule has 1 fully saturated rings. The van der Waals surface area contributed by atoms with Crippen molar-refractivity contribution in [1.29, 1.82) is 0 Å². The van der Waals surface area contributed by atoms with Gasteiger partial charge in [-0.1, -0.05) is 60.7 Å². The van der Waals surface area contributed by atoms with Crippen LogP contribution in [-0.2, 0) is 23.7 Å². The lowest BCUT2D eigenvalue weighted by Gasteiger charge is -2.36. The van der Waals surface area contributed by atoms with Crippen molar-refractivity contribution in [2.24, 2.45) is 14.1 Å². The summed E-state index contributed by atoms with van der Waals surface area (Å²) in [5.41, 5.74) is 5.94. The summed E-state index contributed by atoms with van der Waals surface area (Å²) in [5, 5.41) is 14.3. The van der Waals surface area contributed by atoms with Crippen molar-refractivity contribution in [3.63, 3.8) is 0 Å². The number of halogens is 1. The Morgan fingerprint density at radius 1 is 0.764 bits per heavy atom. The van der Waals surface area contributed by atoms with E-state index in [-0.39, 0.29) is 17.1 Å². The molecule has 13 heteroatoms. The summed E-state index contributed by atoms with van der Waals surface area (Å²) in [7, 11) is 3.51. The number of aliphatic hydroxyl groups is 1. The molecule has 0 saturated carbocycles. The van der Waals surface area contributed by atoms with Crippen molar-refractivity contribution in [3.05, 3.63) is 132 Å². The number of carbonyl (C=O) groups excluding carboxylic acids is 3. The number of esters is 1. The Hall–Kier alpha value is -6.60. The predicted octanol–water partition coefficient (Wildman–Crippen LogP) is 6.03. The van der Waals surface area contributed by atoms with E-state index in [1.165, 1.54) is 6.07 Å². The van der Waals surface area contributed by atoms with Crippen LogP contribution in [0.25, 0.3) is 22.3 Å². The first kappa shape index (κ1) is 36.7. The zero-order chi connectivity index (χ0) is 38.8. The predicted molar refractivity (Wildman–Crippen MR) is 208 cm³/mol. The van der Waals surface area contributed by atoms with E-state index < -0.39 is 29.6 Å². The van der Waals surface area contributed by atoms with Crippen molar-refractivity contribution in [2.75, 3.05) is 41.3 Å². The summed E-state index contributed by atoms with van der Waals surface area (Å²) in [4.78, 5) is 53.4. The van der Waals surface area contributed by atoms with Crippen molar-refractivity contribution in [2.45, 2.75) is 20.0 Å². The van der Waals surface area contributed by atoms with Gasteiger partial charge in [0.2, 0.25) is 5.95 Å². The van der Waals surface area contributed by atoms with Gasteiger partial charge in [0, 0.05) is 74.5 Å². The lowest BCUT2D eigenvalue weighted by atomic mass is 10.0. The van der Waals surface area contributed by atoms with E-state index in [0.29, 0.717) is 54.6 Å². The number of rotatable bonds is 10. The number of benzene rings is 3. The lowest BCUT2D eigenvalue weighted by molar-refractivity contribution is -0.144. The Morgan fingerprint density at radius 3 is 1.96 bits per heavy atom.